The van der Waals surface area contributed by atoms with Crippen LogP contribution in [0.2, 0.25) is 0 Å². The number of benzene rings is 1. The smallest absolute Gasteiger partial charge is 0.250 e. The molecule has 0 spiro atoms. The third-order valence-electron chi connectivity index (χ3n) is 4.72. The van der Waals surface area contributed by atoms with E-state index in [4.69, 9.17) is 15.2 Å². The molecule has 1 amide bonds. The van der Waals surface area contributed by atoms with E-state index in [1.807, 2.05) is 6.07 Å². The number of amides is 1. The molecule has 0 unspecified atom stereocenters. The average molecular weight is 442 g/mol. The van der Waals surface area contributed by atoms with E-state index in [9.17, 15) is 4.79 Å². The highest BCUT2D eigenvalue weighted by Crippen LogP contribution is 2.34. The molecule has 1 fully saturated rings. The average Bonchev–Trinajstić information content (AvgIpc) is 2.98. The molecule has 0 bridgehead atoms. The molecule has 0 atom stereocenters. The zero-order valence-corrected chi connectivity index (χ0v) is 16.0. The number of hydrogen-bond donors (Lipinski definition) is 1. The monoisotopic (exact) mass is 442 g/mol. The molecule has 1 aromatic carbocycles. The summed E-state index contributed by atoms with van der Waals surface area (Å²) >= 11 is 2.23. The predicted molar refractivity (Wildman–Crippen MR) is 102 cm³/mol. The molecule has 2 aromatic rings. The van der Waals surface area contributed by atoms with Gasteiger partial charge in [0.25, 0.3) is 5.91 Å². The molecule has 1 saturated carbocycles. The third-order valence-corrected chi connectivity index (χ3v) is 5.34. The highest BCUT2D eigenvalue weighted by Gasteiger charge is 2.25. The van der Waals surface area contributed by atoms with Crippen LogP contribution >= 0.6 is 22.6 Å². The van der Waals surface area contributed by atoms with Crippen molar-refractivity contribution in [3.63, 3.8) is 0 Å². The summed E-state index contributed by atoms with van der Waals surface area (Å²) in [6.07, 6.45) is 6.56. The molecule has 3 rings (SSSR count). The number of primary amides is 1. The molecule has 24 heavy (non-hydrogen) atoms. The molecule has 130 valence electrons. The van der Waals surface area contributed by atoms with Gasteiger partial charge in [0, 0.05) is 28.3 Å². The van der Waals surface area contributed by atoms with Crippen molar-refractivity contribution in [2.24, 2.45) is 5.73 Å². The maximum atomic E-state index is 11.9. The largest absolute Gasteiger partial charge is 0.382 e. The van der Waals surface area contributed by atoms with Gasteiger partial charge in [0.2, 0.25) is 0 Å². The Labute approximate surface area is 155 Å². The first-order valence-corrected chi connectivity index (χ1v) is 9.38. The molecule has 6 heteroatoms. The van der Waals surface area contributed by atoms with Crippen molar-refractivity contribution in [2.75, 3.05) is 20.3 Å². The van der Waals surface area contributed by atoms with Gasteiger partial charge in [-0.1, -0.05) is 0 Å². The highest BCUT2D eigenvalue weighted by atomic mass is 127. The second-order valence-electron chi connectivity index (χ2n) is 6.27. The van der Waals surface area contributed by atoms with Crippen LogP contribution in [0.3, 0.4) is 0 Å². The van der Waals surface area contributed by atoms with Gasteiger partial charge in [-0.3, -0.25) is 4.79 Å². The van der Waals surface area contributed by atoms with Crippen molar-refractivity contribution in [3.05, 3.63) is 33.5 Å². The summed E-state index contributed by atoms with van der Waals surface area (Å²) in [6.45, 7) is 1.30. The van der Waals surface area contributed by atoms with Gasteiger partial charge < -0.3 is 19.8 Å². The van der Waals surface area contributed by atoms with Gasteiger partial charge in [-0.05, 0) is 66.5 Å². The number of methoxy groups -OCH3 is 1. The second-order valence-corrected chi connectivity index (χ2v) is 7.52. The lowest BCUT2D eigenvalue weighted by Crippen LogP contribution is -2.25. The van der Waals surface area contributed by atoms with Gasteiger partial charge in [-0.2, -0.15) is 0 Å². The first-order chi connectivity index (χ1) is 11.6. The Balaban J connectivity index is 1.78. The fraction of sp³-hybridized carbons (Fsp3) is 0.500. The first kappa shape index (κ1) is 17.7. The number of carbonyl (C=O) groups excluding carboxylic acids is 1. The number of halogens is 1. The molecule has 2 N–H and O–H groups in total. The Bertz CT molecular complexity index is 720. The SMILES string of the molecule is COCCOC1CCC(n2ccc3cc(I)cc(C(N)=O)c32)CC1. The van der Waals surface area contributed by atoms with Crippen LogP contribution in [0.15, 0.2) is 24.4 Å². The number of ether oxygens (including phenoxy) is 2. The van der Waals surface area contributed by atoms with Crippen molar-refractivity contribution in [1.29, 1.82) is 0 Å². The molecule has 1 heterocycles. The quantitative estimate of drug-likeness (QED) is 0.550. The zero-order valence-electron chi connectivity index (χ0n) is 13.8. The molecule has 1 aliphatic carbocycles. The van der Waals surface area contributed by atoms with Gasteiger partial charge in [0.15, 0.2) is 0 Å². The molecule has 0 saturated heterocycles. The van der Waals surface area contributed by atoms with E-state index in [-0.39, 0.29) is 5.91 Å². The third kappa shape index (κ3) is 3.75. The maximum Gasteiger partial charge on any atom is 0.250 e. The van der Waals surface area contributed by atoms with Crippen molar-refractivity contribution < 1.29 is 14.3 Å². The Hall–Kier alpha value is -1.12. The summed E-state index contributed by atoms with van der Waals surface area (Å²) in [4.78, 5) is 11.9. The summed E-state index contributed by atoms with van der Waals surface area (Å²) in [6, 6.07) is 6.44. The van der Waals surface area contributed by atoms with Crippen LogP contribution in [0.25, 0.3) is 10.9 Å². The van der Waals surface area contributed by atoms with E-state index in [1.54, 1.807) is 7.11 Å². The normalized spacial score (nSPS) is 21.2. The fourth-order valence-electron chi connectivity index (χ4n) is 3.55. The van der Waals surface area contributed by atoms with Crippen LogP contribution in [0.5, 0.6) is 0 Å². The van der Waals surface area contributed by atoms with Crippen molar-refractivity contribution >= 4 is 39.4 Å². The number of hydrogen-bond acceptors (Lipinski definition) is 3. The van der Waals surface area contributed by atoms with Gasteiger partial charge in [-0.25, -0.2) is 0 Å². The predicted octanol–water partition coefficient (Wildman–Crippen LogP) is 3.49. The van der Waals surface area contributed by atoms with E-state index in [0.717, 1.165) is 40.2 Å². The number of aromatic nitrogens is 1. The lowest BCUT2D eigenvalue weighted by atomic mass is 9.92. The van der Waals surface area contributed by atoms with Crippen LogP contribution < -0.4 is 5.73 Å². The summed E-state index contributed by atoms with van der Waals surface area (Å²) in [7, 11) is 1.69. The Morgan fingerprint density at radius 2 is 2.04 bits per heavy atom. The summed E-state index contributed by atoms with van der Waals surface area (Å²) in [5.41, 5.74) is 7.18. The minimum absolute atomic E-state index is 0.315. The van der Waals surface area contributed by atoms with E-state index in [1.165, 1.54) is 0 Å². The molecule has 0 aliphatic heterocycles. The lowest BCUT2D eigenvalue weighted by Gasteiger charge is -2.30. The van der Waals surface area contributed by atoms with Crippen LogP contribution in [0.4, 0.5) is 0 Å². The van der Waals surface area contributed by atoms with E-state index in [2.05, 4.69) is 45.5 Å². The van der Waals surface area contributed by atoms with Crippen LogP contribution in [0.1, 0.15) is 42.1 Å². The van der Waals surface area contributed by atoms with E-state index in [0.29, 0.717) is 30.9 Å². The van der Waals surface area contributed by atoms with Crippen LogP contribution in [0, 0.1) is 3.57 Å². The minimum atomic E-state index is -0.366. The second kappa shape index (κ2) is 7.84. The first-order valence-electron chi connectivity index (χ1n) is 8.30. The summed E-state index contributed by atoms with van der Waals surface area (Å²) in [5.74, 6) is -0.366. The number of carbonyl (C=O) groups is 1. The van der Waals surface area contributed by atoms with Gasteiger partial charge in [0.1, 0.15) is 0 Å². The zero-order chi connectivity index (χ0) is 17.1. The van der Waals surface area contributed by atoms with Gasteiger partial charge in [0.05, 0.1) is 30.4 Å². The number of nitrogens with two attached hydrogens (primary N) is 1. The summed E-state index contributed by atoms with van der Waals surface area (Å²) < 4.78 is 14.1. The van der Waals surface area contributed by atoms with Crippen LogP contribution in [-0.2, 0) is 9.47 Å². The molecule has 0 radical (unpaired) electrons. The molecule has 1 aromatic heterocycles. The maximum absolute atomic E-state index is 11.9. The topological polar surface area (TPSA) is 66.5 Å². The van der Waals surface area contributed by atoms with Crippen molar-refractivity contribution in [1.82, 2.24) is 4.57 Å². The van der Waals surface area contributed by atoms with Crippen molar-refractivity contribution in [3.8, 4) is 0 Å². The van der Waals surface area contributed by atoms with E-state index >= 15 is 0 Å². The Morgan fingerprint density at radius 3 is 2.71 bits per heavy atom. The molecule has 5 nitrogen and oxygen atoms in total. The Kier molecular flexibility index (Phi) is 5.78. The fourth-order valence-corrected chi connectivity index (χ4v) is 4.20. The highest BCUT2D eigenvalue weighted by molar-refractivity contribution is 14.1. The van der Waals surface area contributed by atoms with Gasteiger partial charge in [-0.15, -0.1) is 0 Å². The number of rotatable bonds is 6. The summed E-state index contributed by atoms with van der Waals surface area (Å²) in [5, 5.41) is 1.08. The standard InChI is InChI=1S/C18H23IN2O3/c1-23-8-9-24-15-4-2-14(3-5-15)21-7-6-12-10-13(19)11-16(17(12)21)18(20)22/h6-7,10-11,14-15H,2-5,8-9H2,1H3,(H2,20,22). The lowest BCUT2D eigenvalue weighted by molar-refractivity contribution is -0.00619. The number of nitrogens with zero attached hydrogens (tertiary/aromatic N) is 1. The Morgan fingerprint density at radius 1 is 1.29 bits per heavy atom. The van der Waals surface area contributed by atoms with Gasteiger partial charge >= 0.3 is 0 Å². The molecule has 1 aliphatic rings. The molecular formula is C18H23IN2O3. The van der Waals surface area contributed by atoms with Crippen molar-refractivity contribution in [2.45, 2.75) is 37.8 Å². The van der Waals surface area contributed by atoms with Crippen LogP contribution in [-0.4, -0.2) is 36.9 Å². The minimum Gasteiger partial charge on any atom is -0.382 e. The molecular weight excluding hydrogens is 419 g/mol. The number of fused-ring (bicyclic) bond motifs is 1. The van der Waals surface area contributed by atoms with E-state index < -0.39 is 0 Å².